The molecule has 0 amide bonds. The molecular formula is C6H12ClNO3S. The summed E-state index contributed by atoms with van der Waals surface area (Å²) in [6.45, 7) is 3.77. The zero-order valence-electron chi connectivity index (χ0n) is 6.86. The predicted molar refractivity (Wildman–Crippen MR) is 46.3 cm³/mol. The molecule has 1 heterocycles. The molecule has 72 valence electrons. The molecule has 0 radical (unpaired) electrons. The molecule has 0 N–H and O–H groups in total. The average molecular weight is 214 g/mol. The van der Waals surface area contributed by atoms with Crippen LogP contribution >= 0.6 is 10.7 Å². The van der Waals surface area contributed by atoms with Crippen molar-refractivity contribution in [3.05, 3.63) is 0 Å². The third-order valence-electron chi connectivity index (χ3n) is 1.71. The molecule has 1 saturated heterocycles. The van der Waals surface area contributed by atoms with Gasteiger partial charge in [-0.3, -0.25) is 0 Å². The zero-order valence-corrected chi connectivity index (χ0v) is 8.44. The highest BCUT2D eigenvalue weighted by molar-refractivity contribution is 8.11. The summed E-state index contributed by atoms with van der Waals surface area (Å²) in [4.78, 5) is 0. The monoisotopic (exact) mass is 213 g/mol. The van der Waals surface area contributed by atoms with Crippen LogP contribution in [0.3, 0.4) is 0 Å². The van der Waals surface area contributed by atoms with Crippen LogP contribution < -0.4 is 0 Å². The Morgan fingerprint density at radius 1 is 1.58 bits per heavy atom. The molecule has 1 unspecified atom stereocenters. The van der Waals surface area contributed by atoms with E-state index < -0.39 is 9.24 Å². The van der Waals surface area contributed by atoms with Crippen LogP contribution in [0.15, 0.2) is 0 Å². The van der Waals surface area contributed by atoms with E-state index in [1.54, 1.807) is 0 Å². The second-order valence-electron chi connectivity index (χ2n) is 2.98. The molecule has 0 bridgehead atoms. The quantitative estimate of drug-likeness (QED) is 0.594. The maximum atomic E-state index is 10.9. The highest BCUT2D eigenvalue weighted by Crippen LogP contribution is 2.12. The largest absolute Gasteiger partial charge is 0.380 e. The van der Waals surface area contributed by atoms with E-state index in [1.807, 2.05) is 6.92 Å². The van der Waals surface area contributed by atoms with Crippen LogP contribution in [0.5, 0.6) is 0 Å². The van der Waals surface area contributed by atoms with Gasteiger partial charge in [-0.2, -0.15) is 12.7 Å². The lowest BCUT2D eigenvalue weighted by atomic mass is 10.2. The summed E-state index contributed by atoms with van der Waals surface area (Å²) >= 11 is 0. The standard InChI is InChI=1S/C6H12ClNO3S/c1-6-4-8(12(7,9)10)2-3-11-5-6/h6H,2-5H2,1H3. The Kier molecular flexibility index (Phi) is 3.34. The molecule has 0 aromatic rings. The Morgan fingerprint density at radius 3 is 2.83 bits per heavy atom. The normalized spacial score (nSPS) is 28.3. The van der Waals surface area contributed by atoms with E-state index in [0.29, 0.717) is 26.3 Å². The second kappa shape index (κ2) is 3.91. The topological polar surface area (TPSA) is 46.6 Å². The lowest BCUT2D eigenvalue weighted by Crippen LogP contribution is -2.31. The SMILES string of the molecule is CC1COCCN(S(=O)(=O)Cl)C1. The van der Waals surface area contributed by atoms with Crippen molar-refractivity contribution in [3.8, 4) is 0 Å². The van der Waals surface area contributed by atoms with Crippen LogP contribution in [0.2, 0.25) is 0 Å². The van der Waals surface area contributed by atoms with Crippen LogP contribution in [0.4, 0.5) is 0 Å². The summed E-state index contributed by atoms with van der Waals surface area (Å²) in [6, 6.07) is 0. The Balaban J connectivity index is 2.65. The van der Waals surface area contributed by atoms with Gasteiger partial charge in [-0.25, -0.2) is 0 Å². The number of hydrogen-bond acceptors (Lipinski definition) is 3. The summed E-state index contributed by atoms with van der Waals surface area (Å²) in [6.07, 6.45) is 0. The molecule has 0 aromatic carbocycles. The number of halogens is 1. The van der Waals surface area contributed by atoms with Gasteiger partial charge in [0.1, 0.15) is 0 Å². The van der Waals surface area contributed by atoms with Gasteiger partial charge in [-0.05, 0) is 5.92 Å². The molecule has 1 aliphatic rings. The fourth-order valence-electron chi connectivity index (χ4n) is 1.14. The first-order valence-electron chi connectivity index (χ1n) is 3.77. The number of ether oxygens (including phenoxy) is 1. The van der Waals surface area contributed by atoms with Gasteiger partial charge in [0.25, 0.3) is 9.24 Å². The van der Waals surface area contributed by atoms with Crippen LogP contribution in [0.1, 0.15) is 6.92 Å². The molecule has 0 aromatic heterocycles. The van der Waals surface area contributed by atoms with Crippen LogP contribution in [0.25, 0.3) is 0 Å². The second-order valence-corrected chi connectivity index (χ2v) is 5.49. The van der Waals surface area contributed by atoms with Gasteiger partial charge >= 0.3 is 0 Å². The van der Waals surface area contributed by atoms with Crippen molar-refractivity contribution < 1.29 is 13.2 Å². The van der Waals surface area contributed by atoms with Gasteiger partial charge in [0.2, 0.25) is 0 Å². The Labute approximate surface area is 77.0 Å². The van der Waals surface area contributed by atoms with E-state index in [-0.39, 0.29) is 5.92 Å². The first-order valence-corrected chi connectivity index (χ1v) is 6.04. The van der Waals surface area contributed by atoms with Crippen molar-refractivity contribution >= 4 is 19.9 Å². The Bertz CT molecular complexity index is 241. The zero-order chi connectivity index (χ0) is 9.19. The predicted octanol–water partition coefficient (Wildman–Crippen LogP) is 0.438. The van der Waals surface area contributed by atoms with Crippen molar-refractivity contribution in [2.24, 2.45) is 5.92 Å². The van der Waals surface area contributed by atoms with Crippen molar-refractivity contribution in [1.29, 1.82) is 0 Å². The van der Waals surface area contributed by atoms with Gasteiger partial charge in [-0.1, -0.05) is 6.92 Å². The number of nitrogens with zero attached hydrogens (tertiary/aromatic N) is 1. The summed E-state index contributed by atoms with van der Waals surface area (Å²) in [5, 5.41) is 0. The van der Waals surface area contributed by atoms with Crippen LogP contribution in [-0.2, 0) is 14.0 Å². The van der Waals surface area contributed by atoms with E-state index >= 15 is 0 Å². The molecule has 4 nitrogen and oxygen atoms in total. The minimum Gasteiger partial charge on any atom is -0.380 e. The van der Waals surface area contributed by atoms with E-state index in [0.717, 1.165) is 0 Å². The summed E-state index contributed by atoms with van der Waals surface area (Å²) in [5.74, 6) is 0.209. The average Bonchev–Trinajstić information content (AvgIpc) is 2.11. The third-order valence-corrected chi connectivity index (χ3v) is 3.25. The molecule has 1 atom stereocenters. The van der Waals surface area contributed by atoms with Crippen molar-refractivity contribution in [3.63, 3.8) is 0 Å². The maximum absolute atomic E-state index is 10.9. The van der Waals surface area contributed by atoms with Gasteiger partial charge in [0.05, 0.1) is 13.2 Å². The molecule has 1 rings (SSSR count). The third kappa shape index (κ3) is 2.90. The summed E-state index contributed by atoms with van der Waals surface area (Å²) < 4.78 is 28.3. The fraction of sp³-hybridized carbons (Fsp3) is 1.00. The number of rotatable bonds is 1. The van der Waals surface area contributed by atoms with E-state index in [2.05, 4.69) is 0 Å². The van der Waals surface area contributed by atoms with Gasteiger partial charge in [0, 0.05) is 23.8 Å². The molecule has 6 heteroatoms. The minimum absolute atomic E-state index is 0.209. The first-order chi connectivity index (χ1) is 5.50. The molecule has 0 saturated carbocycles. The molecule has 1 fully saturated rings. The Morgan fingerprint density at radius 2 is 2.25 bits per heavy atom. The number of hydrogen-bond donors (Lipinski definition) is 0. The van der Waals surface area contributed by atoms with E-state index in [1.165, 1.54) is 4.31 Å². The molecule has 12 heavy (non-hydrogen) atoms. The van der Waals surface area contributed by atoms with Gasteiger partial charge in [-0.15, -0.1) is 0 Å². The molecule has 0 aliphatic carbocycles. The van der Waals surface area contributed by atoms with Crippen LogP contribution in [0, 0.1) is 5.92 Å². The first kappa shape index (κ1) is 10.2. The molecular weight excluding hydrogens is 202 g/mol. The minimum atomic E-state index is -3.56. The Hall–Kier alpha value is 0.160. The van der Waals surface area contributed by atoms with Gasteiger partial charge < -0.3 is 4.74 Å². The van der Waals surface area contributed by atoms with E-state index in [4.69, 9.17) is 15.4 Å². The lowest BCUT2D eigenvalue weighted by Gasteiger charge is -2.16. The van der Waals surface area contributed by atoms with Crippen LogP contribution in [-0.4, -0.2) is 39.0 Å². The molecule has 1 aliphatic heterocycles. The van der Waals surface area contributed by atoms with Crippen molar-refractivity contribution in [2.75, 3.05) is 26.3 Å². The summed E-state index contributed by atoms with van der Waals surface area (Å²) in [7, 11) is 1.64. The highest BCUT2D eigenvalue weighted by Gasteiger charge is 2.23. The van der Waals surface area contributed by atoms with Gasteiger partial charge in [0.15, 0.2) is 0 Å². The lowest BCUT2D eigenvalue weighted by molar-refractivity contribution is 0.128. The fourth-order valence-corrected chi connectivity index (χ4v) is 2.24. The van der Waals surface area contributed by atoms with E-state index in [9.17, 15) is 8.42 Å². The van der Waals surface area contributed by atoms with Crippen molar-refractivity contribution in [2.45, 2.75) is 6.92 Å². The summed E-state index contributed by atoms with van der Waals surface area (Å²) in [5.41, 5.74) is 0. The maximum Gasteiger partial charge on any atom is 0.299 e. The smallest absolute Gasteiger partial charge is 0.299 e. The highest BCUT2D eigenvalue weighted by atomic mass is 35.7. The molecule has 0 spiro atoms. The van der Waals surface area contributed by atoms with Crippen molar-refractivity contribution in [1.82, 2.24) is 4.31 Å².